The number of nitrogens with zero attached hydrogens (tertiary/aromatic N) is 2. The zero-order valence-electron chi connectivity index (χ0n) is 9.75. The van der Waals surface area contributed by atoms with E-state index in [9.17, 15) is 0 Å². The molecule has 1 aromatic rings. The Morgan fingerprint density at radius 3 is 2.40 bits per heavy atom. The molecule has 0 spiro atoms. The number of anilines is 1. The van der Waals surface area contributed by atoms with Gasteiger partial charge in [-0.2, -0.15) is 0 Å². The van der Waals surface area contributed by atoms with Gasteiger partial charge in [0.05, 0.1) is 6.54 Å². The van der Waals surface area contributed by atoms with Crippen LogP contribution in [0.15, 0.2) is 23.2 Å². The normalized spacial score (nSPS) is 18.9. The van der Waals surface area contributed by atoms with Gasteiger partial charge in [0.25, 0.3) is 0 Å². The summed E-state index contributed by atoms with van der Waals surface area (Å²) in [4.78, 5) is 6.74. The van der Waals surface area contributed by atoms with Crippen molar-refractivity contribution in [3.63, 3.8) is 0 Å². The molecule has 1 fully saturated rings. The van der Waals surface area contributed by atoms with E-state index in [4.69, 9.17) is 0 Å². The molecule has 0 aromatic heterocycles. The van der Waals surface area contributed by atoms with Crippen molar-refractivity contribution in [1.82, 2.24) is 0 Å². The van der Waals surface area contributed by atoms with E-state index in [-0.39, 0.29) is 0 Å². The maximum absolute atomic E-state index is 4.30. The molecule has 1 aliphatic rings. The van der Waals surface area contributed by atoms with E-state index in [1.807, 2.05) is 7.05 Å². The van der Waals surface area contributed by atoms with Gasteiger partial charge in [-0.05, 0) is 25.0 Å². The van der Waals surface area contributed by atoms with E-state index in [1.54, 1.807) is 0 Å². The second-order valence-corrected chi connectivity index (χ2v) is 4.20. The monoisotopic (exact) mass is 202 g/mol. The van der Waals surface area contributed by atoms with E-state index < -0.39 is 0 Å². The predicted molar refractivity (Wildman–Crippen MR) is 66.1 cm³/mol. The minimum atomic E-state index is 1.00. The van der Waals surface area contributed by atoms with Crippen molar-refractivity contribution in [2.24, 2.45) is 4.99 Å². The third-order valence-corrected chi connectivity index (χ3v) is 3.12. The summed E-state index contributed by atoms with van der Waals surface area (Å²) >= 11 is 0. The van der Waals surface area contributed by atoms with Crippen LogP contribution >= 0.6 is 0 Å². The van der Waals surface area contributed by atoms with Crippen LogP contribution in [-0.2, 0) is 0 Å². The lowest BCUT2D eigenvalue weighted by Crippen LogP contribution is -2.21. The van der Waals surface area contributed by atoms with Crippen LogP contribution in [0.4, 0.5) is 5.69 Å². The molecule has 2 nitrogen and oxygen atoms in total. The molecule has 0 radical (unpaired) electrons. The fourth-order valence-corrected chi connectivity index (χ4v) is 2.32. The minimum absolute atomic E-state index is 1.00. The number of aryl methyl sites for hydroxylation is 2. The first-order chi connectivity index (χ1) is 7.22. The van der Waals surface area contributed by atoms with Gasteiger partial charge in [0, 0.05) is 31.4 Å². The number of para-hydroxylation sites is 1. The number of rotatable bonds is 1. The Bertz CT molecular complexity index is 373. The van der Waals surface area contributed by atoms with Gasteiger partial charge in [0.15, 0.2) is 0 Å². The highest BCUT2D eigenvalue weighted by atomic mass is 15.2. The third-order valence-electron chi connectivity index (χ3n) is 3.12. The van der Waals surface area contributed by atoms with Gasteiger partial charge in [-0.1, -0.05) is 18.2 Å². The van der Waals surface area contributed by atoms with Gasteiger partial charge >= 0.3 is 0 Å². The van der Waals surface area contributed by atoms with Crippen molar-refractivity contribution in [3.8, 4) is 0 Å². The zero-order valence-corrected chi connectivity index (χ0v) is 9.75. The molecular weight excluding hydrogens is 184 g/mol. The van der Waals surface area contributed by atoms with Crippen LogP contribution < -0.4 is 4.90 Å². The summed E-state index contributed by atoms with van der Waals surface area (Å²) < 4.78 is 0. The molecule has 0 amide bonds. The van der Waals surface area contributed by atoms with Crippen molar-refractivity contribution in [3.05, 3.63) is 29.3 Å². The van der Waals surface area contributed by atoms with E-state index in [0.717, 1.165) is 19.5 Å². The van der Waals surface area contributed by atoms with E-state index in [0.29, 0.717) is 0 Å². The first kappa shape index (κ1) is 10.2. The molecule has 0 saturated carbocycles. The van der Waals surface area contributed by atoms with Crippen molar-refractivity contribution in [2.45, 2.75) is 20.3 Å². The molecule has 0 bridgehead atoms. The Morgan fingerprint density at radius 1 is 1.20 bits per heavy atom. The lowest BCUT2D eigenvalue weighted by Gasteiger charge is -2.21. The highest BCUT2D eigenvalue weighted by Gasteiger charge is 2.19. The highest BCUT2D eigenvalue weighted by molar-refractivity contribution is 5.92. The summed E-state index contributed by atoms with van der Waals surface area (Å²) in [7, 11) is 1.89. The second-order valence-electron chi connectivity index (χ2n) is 4.20. The van der Waals surface area contributed by atoms with Crippen LogP contribution in [0.25, 0.3) is 0 Å². The first-order valence-electron chi connectivity index (χ1n) is 5.48. The smallest absolute Gasteiger partial charge is 0.0559 e. The average molecular weight is 202 g/mol. The topological polar surface area (TPSA) is 15.6 Å². The lowest BCUT2D eigenvalue weighted by atomic mass is 10.1. The van der Waals surface area contributed by atoms with Gasteiger partial charge in [-0.15, -0.1) is 0 Å². The Morgan fingerprint density at radius 2 is 1.87 bits per heavy atom. The van der Waals surface area contributed by atoms with Gasteiger partial charge in [0.1, 0.15) is 0 Å². The van der Waals surface area contributed by atoms with E-state index >= 15 is 0 Å². The van der Waals surface area contributed by atoms with Gasteiger partial charge < -0.3 is 4.90 Å². The molecule has 1 aliphatic heterocycles. The maximum atomic E-state index is 4.30. The fraction of sp³-hybridized carbons (Fsp3) is 0.462. The molecule has 0 unspecified atom stereocenters. The predicted octanol–water partition coefficient (Wildman–Crippen LogP) is 2.58. The molecule has 80 valence electrons. The highest BCUT2D eigenvalue weighted by Crippen LogP contribution is 2.26. The molecular formula is C13H18N2. The SMILES string of the molecule is CN=C1CCN(c2c(C)cccc2C)C1. The van der Waals surface area contributed by atoms with Crippen molar-refractivity contribution in [2.75, 3.05) is 25.0 Å². The van der Waals surface area contributed by atoms with Crippen LogP contribution in [0.3, 0.4) is 0 Å². The number of benzene rings is 1. The van der Waals surface area contributed by atoms with Gasteiger partial charge in [-0.3, -0.25) is 4.99 Å². The second kappa shape index (κ2) is 4.05. The Labute approximate surface area is 91.6 Å². The van der Waals surface area contributed by atoms with Crippen LogP contribution in [0.5, 0.6) is 0 Å². The zero-order chi connectivity index (χ0) is 10.8. The molecule has 1 aromatic carbocycles. The van der Waals surface area contributed by atoms with Crippen molar-refractivity contribution >= 4 is 11.4 Å². The largest absolute Gasteiger partial charge is 0.365 e. The van der Waals surface area contributed by atoms with Gasteiger partial charge in [0.2, 0.25) is 0 Å². The summed E-state index contributed by atoms with van der Waals surface area (Å²) in [5, 5.41) is 0. The van der Waals surface area contributed by atoms with Gasteiger partial charge in [-0.25, -0.2) is 0 Å². The standard InChI is InChI=1S/C13H18N2/c1-10-5-4-6-11(2)13(10)15-8-7-12(9-15)14-3/h4-6H,7-9H2,1-3H3. The fourth-order valence-electron chi connectivity index (χ4n) is 2.32. The van der Waals surface area contributed by atoms with Crippen LogP contribution in [0, 0.1) is 13.8 Å². The number of hydrogen-bond acceptors (Lipinski definition) is 2. The Hall–Kier alpha value is -1.31. The average Bonchev–Trinajstić information content (AvgIpc) is 2.66. The molecule has 0 atom stereocenters. The molecule has 15 heavy (non-hydrogen) atoms. The summed E-state index contributed by atoms with van der Waals surface area (Å²) in [6.45, 7) is 6.48. The summed E-state index contributed by atoms with van der Waals surface area (Å²) in [6.07, 6.45) is 1.12. The van der Waals surface area contributed by atoms with E-state index in [1.165, 1.54) is 22.5 Å². The maximum Gasteiger partial charge on any atom is 0.0559 e. The Kier molecular flexibility index (Phi) is 2.76. The number of hydrogen-bond donors (Lipinski definition) is 0. The van der Waals surface area contributed by atoms with Crippen LogP contribution in [0.1, 0.15) is 17.5 Å². The van der Waals surface area contributed by atoms with Crippen LogP contribution in [-0.4, -0.2) is 25.8 Å². The Balaban J connectivity index is 2.31. The summed E-state index contributed by atoms with van der Waals surface area (Å²) in [5.41, 5.74) is 5.45. The van der Waals surface area contributed by atoms with Crippen molar-refractivity contribution < 1.29 is 0 Å². The molecule has 0 aliphatic carbocycles. The minimum Gasteiger partial charge on any atom is -0.365 e. The lowest BCUT2D eigenvalue weighted by molar-refractivity contribution is 0.954. The van der Waals surface area contributed by atoms with Crippen LogP contribution in [0.2, 0.25) is 0 Å². The van der Waals surface area contributed by atoms with E-state index in [2.05, 4.69) is 41.9 Å². The molecule has 2 heteroatoms. The number of aliphatic imine (C=N–C) groups is 1. The molecule has 1 heterocycles. The molecule has 2 rings (SSSR count). The molecule has 1 saturated heterocycles. The summed E-state index contributed by atoms with van der Waals surface area (Å²) in [6, 6.07) is 6.49. The third kappa shape index (κ3) is 1.89. The quantitative estimate of drug-likeness (QED) is 0.683. The molecule has 0 N–H and O–H groups in total. The summed E-state index contributed by atoms with van der Waals surface area (Å²) in [5.74, 6) is 0. The first-order valence-corrected chi connectivity index (χ1v) is 5.48. The van der Waals surface area contributed by atoms with Crippen molar-refractivity contribution in [1.29, 1.82) is 0 Å².